The Bertz CT molecular complexity index is 721. The summed E-state index contributed by atoms with van der Waals surface area (Å²) >= 11 is 0. The number of aromatic nitrogens is 1. The predicted molar refractivity (Wildman–Crippen MR) is 99.0 cm³/mol. The van der Waals surface area contributed by atoms with Crippen LogP contribution in [0.2, 0.25) is 0 Å². The SMILES string of the molecule is Cc1cccc(S(=O)(=O)N2CCCC(NC(=O)CCC(C)C)[C@@H](O)C2)n1. The van der Waals surface area contributed by atoms with E-state index < -0.39 is 22.2 Å². The number of carbonyl (C=O) groups is 1. The molecule has 1 aliphatic rings. The number of nitrogens with one attached hydrogen (secondary N) is 1. The lowest BCUT2D eigenvalue weighted by atomic mass is 10.0. The smallest absolute Gasteiger partial charge is 0.260 e. The molecule has 1 fully saturated rings. The van der Waals surface area contributed by atoms with Gasteiger partial charge in [0.15, 0.2) is 5.03 Å². The Kier molecular flexibility index (Phi) is 7.14. The average molecular weight is 384 g/mol. The molecule has 1 amide bonds. The highest BCUT2D eigenvalue weighted by Crippen LogP contribution is 2.20. The second kappa shape index (κ2) is 8.92. The molecular formula is C18H29N3O4S. The van der Waals surface area contributed by atoms with Crippen LogP contribution >= 0.6 is 0 Å². The van der Waals surface area contributed by atoms with Gasteiger partial charge in [-0.15, -0.1) is 0 Å². The Hall–Kier alpha value is -1.51. The lowest BCUT2D eigenvalue weighted by Crippen LogP contribution is -2.47. The van der Waals surface area contributed by atoms with Gasteiger partial charge in [0.2, 0.25) is 5.91 Å². The number of β-amino-alcohol motifs (C(OH)–C–C–N with tert-alkyl or cyclic N) is 1. The summed E-state index contributed by atoms with van der Waals surface area (Å²) in [5.74, 6) is 0.335. The van der Waals surface area contributed by atoms with Gasteiger partial charge in [-0.1, -0.05) is 19.9 Å². The molecule has 1 aromatic rings. The van der Waals surface area contributed by atoms with Crippen molar-refractivity contribution in [2.75, 3.05) is 13.1 Å². The highest BCUT2D eigenvalue weighted by molar-refractivity contribution is 7.89. The van der Waals surface area contributed by atoms with E-state index in [0.717, 1.165) is 6.42 Å². The number of carbonyl (C=O) groups excluding carboxylic acids is 1. The highest BCUT2D eigenvalue weighted by Gasteiger charge is 2.33. The van der Waals surface area contributed by atoms with E-state index in [2.05, 4.69) is 24.1 Å². The standard InChI is InChI=1S/C18H29N3O4S/c1-13(2)9-10-17(23)20-15-7-5-11-21(12-16(15)22)26(24,25)18-8-4-6-14(3)19-18/h4,6,8,13,15-16,22H,5,7,9-12H2,1-3H3,(H,20,23)/t15?,16-/m0/s1. The summed E-state index contributed by atoms with van der Waals surface area (Å²) in [6.45, 7) is 6.09. The molecule has 1 saturated heterocycles. The number of hydrogen-bond acceptors (Lipinski definition) is 5. The number of rotatable bonds is 6. The molecule has 2 N–H and O–H groups in total. The minimum Gasteiger partial charge on any atom is -0.390 e. The van der Waals surface area contributed by atoms with Gasteiger partial charge in [-0.2, -0.15) is 4.31 Å². The molecule has 8 heteroatoms. The zero-order valence-corrected chi connectivity index (χ0v) is 16.5. The van der Waals surface area contributed by atoms with E-state index in [1.165, 1.54) is 10.4 Å². The Labute approximate surface area is 155 Å². The molecule has 0 spiro atoms. The van der Waals surface area contributed by atoms with Crippen LogP contribution in [0.4, 0.5) is 0 Å². The van der Waals surface area contributed by atoms with Gasteiger partial charge in [0.05, 0.1) is 12.1 Å². The Morgan fingerprint density at radius 2 is 2.15 bits per heavy atom. The molecule has 0 aromatic carbocycles. The van der Waals surface area contributed by atoms with Crippen molar-refractivity contribution in [2.24, 2.45) is 5.92 Å². The summed E-state index contributed by atoms with van der Waals surface area (Å²) < 4.78 is 26.9. The normalized spacial score (nSPS) is 22.2. The topological polar surface area (TPSA) is 99.6 Å². The van der Waals surface area contributed by atoms with Crippen molar-refractivity contribution < 1.29 is 18.3 Å². The molecule has 0 aliphatic carbocycles. The van der Waals surface area contributed by atoms with Gasteiger partial charge in [-0.3, -0.25) is 4.79 Å². The molecule has 0 saturated carbocycles. The summed E-state index contributed by atoms with van der Waals surface area (Å²) in [6, 6.07) is 4.42. The third-order valence-electron chi connectivity index (χ3n) is 4.54. The maximum Gasteiger partial charge on any atom is 0.260 e. The Balaban J connectivity index is 2.04. The first kappa shape index (κ1) is 20.8. The van der Waals surface area contributed by atoms with Crippen LogP contribution in [0.5, 0.6) is 0 Å². The fourth-order valence-electron chi connectivity index (χ4n) is 2.99. The molecule has 2 heterocycles. The van der Waals surface area contributed by atoms with Crippen molar-refractivity contribution >= 4 is 15.9 Å². The van der Waals surface area contributed by atoms with Crippen LogP contribution in [0.15, 0.2) is 23.2 Å². The van der Waals surface area contributed by atoms with Crippen LogP contribution < -0.4 is 5.32 Å². The maximum atomic E-state index is 12.8. The maximum absolute atomic E-state index is 12.8. The molecule has 7 nitrogen and oxygen atoms in total. The summed E-state index contributed by atoms with van der Waals surface area (Å²) in [7, 11) is -3.76. The van der Waals surface area contributed by atoms with E-state index >= 15 is 0 Å². The van der Waals surface area contributed by atoms with Crippen molar-refractivity contribution in [3.63, 3.8) is 0 Å². The van der Waals surface area contributed by atoms with Gasteiger partial charge < -0.3 is 10.4 Å². The molecule has 0 bridgehead atoms. The third kappa shape index (κ3) is 5.49. The minimum atomic E-state index is -3.76. The quantitative estimate of drug-likeness (QED) is 0.775. The fraction of sp³-hybridized carbons (Fsp3) is 0.667. The van der Waals surface area contributed by atoms with Crippen LogP contribution in [-0.4, -0.2) is 54.0 Å². The van der Waals surface area contributed by atoms with Crippen molar-refractivity contribution in [1.82, 2.24) is 14.6 Å². The second-order valence-electron chi connectivity index (χ2n) is 7.30. The van der Waals surface area contributed by atoms with Crippen molar-refractivity contribution in [1.29, 1.82) is 0 Å². The van der Waals surface area contributed by atoms with E-state index in [1.54, 1.807) is 19.1 Å². The van der Waals surface area contributed by atoms with Crippen LogP contribution in [0.25, 0.3) is 0 Å². The van der Waals surface area contributed by atoms with Crippen LogP contribution in [0.3, 0.4) is 0 Å². The Morgan fingerprint density at radius 3 is 2.81 bits per heavy atom. The molecule has 146 valence electrons. The number of hydrogen-bond donors (Lipinski definition) is 2. The van der Waals surface area contributed by atoms with Gasteiger partial charge >= 0.3 is 0 Å². The van der Waals surface area contributed by atoms with Crippen LogP contribution in [0.1, 0.15) is 45.2 Å². The summed E-state index contributed by atoms with van der Waals surface area (Å²) in [4.78, 5) is 16.1. The summed E-state index contributed by atoms with van der Waals surface area (Å²) in [5.41, 5.74) is 0.622. The van der Waals surface area contributed by atoms with E-state index in [1.807, 2.05) is 0 Å². The highest BCUT2D eigenvalue weighted by atomic mass is 32.2. The number of sulfonamides is 1. The van der Waals surface area contributed by atoms with E-state index in [0.29, 0.717) is 37.4 Å². The molecule has 26 heavy (non-hydrogen) atoms. The molecular weight excluding hydrogens is 354 g/mol. The molecule has 1 aromatic heterocycles. The van der Waals surface area contributed by atoms with Gasteiger partial charge in [-0.05, 0) is 44.2 Å². The minimum absolute atomic E-state index is 0.0101. The first-order valence-electron chi connectivity index (χ1n) is 9.11. The summed E-state index contributed by atoms with van der Waals surface area (Å²) in [6.07, 6.45) is 1.36. The number of aliphatic hydroxyl groups is 1. The van der Waals surface area contributed by atoms with Crippen molar-refractivity contribution in [2.45, 2.75) is 63.6 Å². The number of nitrogens with zero attached hydrogens (tertiary/aromatic N) is 2. The number of aliphatic hydroxyl groups excluding tert-OH is 1. The lowest BCUT2D eigenvalue weighted by molar-refractivity contribution is -0.122. The number of amides is 1. The largest absolute Gasteiger partial charge is 0.390 e. The first-order valence-corrected chi connectivity index (χ1v) is 10.6. The van der Waals surface area contributed by atoms with E-state index in [-0.39, 0.29) is 17.5 Å². The number of aryl methyl sites for hydroxylation is 1. The van der Waals surface area contributed by atoms with Gasteiger partial charge in [0, 0.05) is 25.2 Å². The van der Waals surface area contributed by atoms with Crippen LogP contribution in [0, 0.1) is 12.8 Å². The predicted octanol–water partition coefficient (Wildman–Crippen LogP) is 1.46. The Morgan fingerprint density at radius 1 is 1.42 bits per heavy atom. The third-order valence-corrected chi connectivity index (χ3v) is 6.31. The van der Waals surface area contributed by atoms with Crippen molar-refractivity contribution in [3.8, 4) is 0 Å². The molecule has 1 aliphatic heterocycles. The monoisotopic (exact) mass is 383 g/mol. The fourth-order valence-corrected chi connectivity index (χ4v) is 4.48. The molecule has 1 unspecified atom stereocenters. The zero-order chi connectivity index (χ0) is 19.3. The van der Waals surface area contributed by atoms with E-state index in [9.17, 15) is 18.3 Å². The van der Waals surface area contributed by atoms with Gasteiger partial charge in [0.1, 0.15) is 0 Å². The van der Waals surface area contributed by atoms with E-state index in [4.69, 9.17) is 0 Å². The van der Waals surface area contributed by atoms with Crippen molar-refractivity contribution in [3.05, 3.63) is 23.9 Å². The second-order valence-corrected chi connectivity index (χ2v) is 9.18. The molecule has 0 radical (unpaired) electrons. The van der Waals surface area contributed by atoms with Crippen LogP contribution in [-0.2, 0) is 14.8 Å². The van der Waals surface area contributed by atoms with Gasteiger partial charge in [-0.25, -0.2) is 13.4 Å². The first-order chi connectivity index (χ1) is 12.2. The molecule has 2 rings (SSSR count). The average Bonchev–Trinajstić information content (AvgIpc) is 2.75. The summed E-state index contributed by atoms with van der Waals surface area (Å²) in [5, 5.41) is 13.3. The molecule has 2 atom stereocenters. The number of pyridine rings is 1. The lowest BCUT2D eigenvalue weighted by Gasteiger charge is -2.25. The zero-order valence-electron chi connectivity index (χ0n) is 15.7. The van der Waals surface area contributed by atoms with Gasteiger partial charge in [0.25, 0.3) is 10.0 Å².